The van der Waals surface area contributed by atoms with Crippen molar-refractivity contribution in [3.05, 3.63) is 73.1 Å². The second-order valence-corrected chi connectivity index (χ2v) is 6.88. The monoisotopic (exact) mass is 410 g/mol. The van der Waals surface area contributed by atoms with Gasteiger partial charge >= 0.3 is 0 Å². The highest BCUT2D eigenvalue weighted by Crippen LogP contribution is 2.24. The van der Waals surface area contributed by atoms with Crippen molar-refractivity contribution < 1.29 is 14.3 Å². The summed E-state index contributed by atoms with van der Waals surface area (Å²) in [5.74, 6) is 2.07. The number of carbonyl (C=O) groups excluding carboxylic acids is 1. The Morgan fingerprint density at radius 1 is 1.17 bits per heavy atom. The van der Waals surface area contributed by atoms with E-state index in [2.05, 4.69) is 22.1 Å². The molecule has 0 atom stereocenters. The van der Waals surface area contributed by atoms with Crippen molar-refractivity contribution in [2.24, 2.45) is 0 Å². The van der Waals surface area contributed by atoms with Crippen LogP contribution in [0, 0.1) is 0 Å². The standard InChI is InChI=1S/C21H22N4O3S/c1-3-13-25-19(14-28-16-9-5-4-6-10-16)23-24-21(25)29-15-20(26)22-17-11-7-8-12-18(17)27-2/h3-12H,1,13-15H2,2H3,(H,22,26). The summed E-state index contributed by atoms with van der Waals surface area (Å²) >= 11 is 1.30. The fourth-order valence-corrected chi connectivity index (χ4v) is 3.34. The molecule has 1 N–H and O–H groups in total. The fourth-order valence-electron chi connectivity index (χ4n) is 2.57. The van der Waals surface area contributed by atoms with Crippen molar-refractivity contribution in [3.63, 3.8) is 0 Å². The number of anilines is 1. The SMILES string of the molecule is C=CCn1c(COc2ccccc2)nnc1SCC(=O)Nc1ccccc1OC. The molecule has 0 aliphatic heterocycles. The number of benzene rings is 2. The molecule has 7 nitrogen and oxygen atoms in total. The Bertz CT molecular complexity index is 960. The molecule has 2 aromatic carbocycles. The summed E-state index contributed by atoms with van der Waals surface area (Å²) in [5.41, 5.74) is 0.630. The lowest BCUT2D eigenvalue weighted by atomic mass is 10.3. The lowest BCUT2D eigenvalue weighted by molar-refractivity contribution is -0.113. The number of rotatable bonds is 10. The van der Waals surface area contributed by atoms with E-state index in [0.717, 1.165) is 5.75 Å². The molecule has 1 heterocycles. The van der Waals surface area contributed by atoms with Crippen LogP contribution in [0.25, 0.3) is 0 Å². The molecule has 3 aromatic rings. The lowest BCUT2D eigenvalue weighted by Crippen LogP contribution is -2.15. The van der Waals surface area contributed by atoms with Gasteiger partial charge < -0.3 is 14.8 Å². The van der Waals surface area contributed by atoms with E-state index in [1.807, 2.05) is 47.0 Å². The van der Waals surface area contributed by atoms with Crippen molar-refractivity contribution >= 4 is 23.4 Å². The Hall–Kier alpha value is -3.26. The molecule has 1 amide bonds. The Morgan fingerprint density at radius 2 is 1.93 bits per heavy atom. The third kappa shape index (κ3) is 5.61. The molecule has 29 heavy (non-hydrogen) atoms. The van der Waals surface area contributed by atoms with Crippen molar-refractivity contribution in [2.45, 2.75) is 18.3 Å². The summed E-state index contributed by atoms with van der Waals surface area (Å²) in [4.78, 5) is 12.4. The van der Waals surface area contributed by atoms with Crippen LogP contribution in [0.2, 0.25) is 0 Å². The summed E-state index contributed by atoms with van der Waals surface area (Å²) in [5, 5.41) is 11.9. The molecule has 0 bridgehead atoms. The van der Waals surface area contributed by atoms with E-state index in [4.69, 9.17) is 9.47 Å². The fraction of sp³-hybridized carbons (Fsp3) is 0.190. The van der Waals surface area contributed by atoms with Crippen LogP contribution < -0.4 is 14.8 Å². The highest BCUT2D eigenvalue weighted by atomic mass is 32.2. The second-order valence-electron chi connectivity index (χ2n) is 5.94. The Labute approximate surface area is 173 Å². The third-order valence-corrected chi connectivity index (χ3v) is 4.90. The largest absolute Gasteiger partial charge is 0.495 e. The molecular formula is C21H22N4O3S. The Kier molecular flexibility index (Phi) is 7.29. The maximum Gasteiger partial charge on any atom is 0.234 e. The van der Waals surface area contributed by atoms with E-state index in [0.29, 0.717) is 29.0 Å². The average Bonchev–Trinajstić information content (AvgIpc) is 3.14. The van der Waals surface area contributed by atoms with E-state index in [-0.39, 0.29) is 18.3 Å². The number of thioether (sulfide) groups is 1. The van der Waals surface area contributed by atoms with Crippen LogP contribution in [0.4, 0.5) is 5.69 Å². The number of allylic oxidation sites excluding steroid dienone is 1. The van der Waals surface area contributed by atoms with Crippen LogP contribution in [0.1, 0.15) is 5.82 Å². The van der Waals surface area contributed by atoms with Gasteiger partial charge in [0.1, 0.15) is 18.1 Å². The molecule has 150 valence electrons. The molecule has 0 aliphatic carbocycles. The Balaban J connectivity index is 1.62. The minimum absolute atomic E-state index is 0.158. The van der Waals surface area contributed by atoms with Crippen LogP contribution in [0.15, 0.2) is 72.4 Å². The molecule has 0 spiro atoms. The predicted octanol–water partition coefficient (Wildman–Crippen LogP) is 3.78. The summed E-state index contributed by atoms with van der Waals surface area (Å²) in [6.45, 7) is 4.59. The number of amides is 1. The first-order valence-corrected chi connectivity index (χ1v) is 9.96. The second kappa shape index (κ2) is 10.3. The van der Waals surface area contributed by atoms with E-state index in [1.165, 1.54) is 11.8 Å². The van der Waals surface area contributed by atoms with Crippen molar-refractivity contribution in [1.82, 2.24) is 14.8 Å². The van der Waals surface area contributed by atoms with Crippen molar-refractivity contribution in [2.75, 3.05) is 18.2 Å². The topological polar surface area (TPSA) is 78.3 Å². The number of carbonyl (C=O) groups is 1. The van der Waals surface area contributed by atoms with Crippen LogP contribution in [0.5, 0.6) is 11.5 Å². The van der Waals surface area contributed by atoms with Gasteiger partial charge in [-0.05, 0) is 24.3 Å². The molecule has 8 heteroatoms. The number of para-hydroxylation sites is 3. The number of hydrogen-bond donors (Lipinski definition) is 1. The molecule has 3 rings (SSSR count). The number of aromatic nitrogens is 3. The minimum atomic E-state index is -0.158. The van der Waals surface area contributed by atoms with Gasteiger partial charge in [0.2, 0.25) is 5.91 Å². The first-order valence-electron chi connectivity index (χ1n) is 8.97. The van der Waals surface area contributed by atoms with Gasteiger partial charge in [-0.15, -0.1) is 16.8 Å². The number of ether oxygens (including phenoxy) is 2. The highest BCUT2D eigenvalue weighted by Gasteiger charge is 2.15. The van der Waals surface area contributed by atoms with Crippen LogP contribution in [0.3, 0.4) is 0 Å². The maximum absolute atomic E-state index is 12.4. The predicted molar refractivity (Wildman–Crippen MR) is 113 cm³/mol. The molecule has 0 fully saturated rings. The number of nitrogens with zero attached hydrogens (tertiary/aromatic N) is 3. The first kappa shape index (κ1) is 20.5. The summed E-state index contributed by atoms with van der Waals surface area (Å²) in [6.07, 6.45) is 1.76. The molecule has 0 saturated heterocycles. The van der Waals surface area contributed by atoms with E-state index in [9.17, 15) is 4.79 Å². The van der Waals surface area contributed by atoms with Gasteiger partial charge in [0, 0.05) is 6.54 Å². The van der Waals surface area contributed by atoms with Gasteiger partial charge in [0.25, 0.3) is 0 Å². The number of nitrogens with one attached hydrogen (secondary N) is 1. The van der Waals surface area contributed by atoms with Gasteiger partial charge in [-0.25, -0.2) is 0 Å². The van der Waals surface area contributed by atoms with Crippen LogP contribution in [-0.2, 0) is 17.9 Å². The minimum Gasteiger partial charge on any atom is -0.495 e. The third-order valence-electron chi connectivity index (χ3n) is 3.93. The molecule has 0 unspecified atom stereocenters. The lowest BCUT2D eigenvalue weighted by Gasteiger charge is -2.10. The summed E-state index contributed by atoms with van der Waals surface area (Å²) in [6, 6.07) is 16.8. The number of hydrogen-bond acceptors (Lipinski definition) is 6. The summed E-state index contributed by atoms with van der Waals surface area (Å²) in [7, 11) is 1.57. The van der Waals surface area contributed by atoms with Gasteiger partial charge in [0.05, 0.1) is 18.6 Å². The van der Waals surface area contributed by atoms with Crippen molar-refractivity contribution in [1.29, 1.82) is 0 Å². The van der Waals surface area contributed by atoms with E-state index >= 15 is 0 Å². The molecular weight excluding hydrogens is 388 g/mol. The zero-order valence-electron chi connectivity index (χ0n) is 16.1. The van der Waals surface area contributed by atoms with Crippen LogP contribution in [-0.4, -0.2) is 33.5 Å². The molecule has 1 aromatic heterocycles. The smallest absolute Gasteiger partial charge is 0.234 e. The maximum atomic E-state index is 12.4. The highest BCUT2D eigenvalue weighted by molar-refractivity contribution is 7.99. The van der Waals surface area contributed by atoms with Gasteiger partial charge in [-0.2, -0.15) is 0 Å². The average molecular weight is 410 g/mol. The summed E-state index contributed by atoms with van der Waals surface area (Å²) < 4.78 is 12.9. The van der Waals surface area contributed by atoms with Crippen molar-refractivity contribution in [3.8, 4) is 11.5 Å². The van der Waals surface area contributed by atoms with Gasteiger partial charge in [0.15, 0.2) is 11.0 Å². The van der Waals surface area contributed by atoms with Crippen LogP contribution >= 0.6 is 11.8 Å². The number of methoxy groups -OCH3 is 1. The van der Waals surface area contributed by atoms with Gasteiger partial charge in [-0.3, -0.25) is 9.36 Å². The first-order chi connectivity index (χ1) is 14.2. The molecule has 0 saturated carbocycles. The quantitative estimate of drug-likeness (QED) is 0.405. The van der Waals surface area contributed by atoms with Gasteiger partial charge in [-0.1, -0.05) is 48.2 Å². The molecule has 0 aliphatic rings. The normalized spacial score (nSPS) is 10.4. The Morgan fingerprint density at radius 3 is 2.69 bits per heavy atom. The zero-order valence-corrected chi connectivity index (χ0v) is 16.9. The van der Waals surface area contributed by atoms with E-state index < -0.39 is 0 Å². The molecule has 0 radical (unpaired) electrons. The zero-order chi connectivity index (χ0) is 20.5. The van der Waals surface area contributed by atoms with E-state index in [1.54, 1.807) is 25.3 Å².